The van der Waals surface area contributed by atoms with E-state index < -0.39 is 23.3 Å². The number of nitrogens with one attached hydrogen (secondary N) is 1. The predicted octanol–water partition coefficient (Wildman–Crippen LogP) is 3.34. The van der Waals surface area contributed by atoms with E-state index in [0.717, 1.165) is 15.4 Å². The molecule has 9 nitrogen and oxygen atoms in total. The molecule has 0 aliphatic rings. The number of rotatable bonds is 11. The Kier molecular flexibility index (Phi) is 9.07. The smallest absolute Gasteiger partial charge is 0.335 e. The van der Waals surface area contributed by atoms with Crippen molar-refractivity contribution < 1.29 is 33.6 Å². The maximum Gasteiger partial charge on any atom is 0.335 e. The third-order valence-electron chi connectivity index (χ3n) is 5.22. The number of aliphatic hydroxyl groups is 1. The van der Waals surface area contributed by atoms with Crippen molar-refractivity contribution in [3.05, 3.63) is 76.8 Å². The number of carbonyl (C=O) groups is 1. The zero-order chi connectivity index (χ0) is 25.5. The second-order valence-electron chi connectivity index (χ2n) is 7.56. The van der Waals surface area contributed by atoms with Gasteiger partial charge in [-0.2, -0.15) is 0 Å². The highest BCUT2D eigenvalue weighted by Crippen LogP contribution is 2.31. The lowest BCUT2D eigenvalue weighted by molar-refractivity contribution is 0.0697. The van der Waals surface area contributed by atoms with Gasteiger partial charge in [0.1, 0.15) is 18.1 Å². The average Bonchev–Trinajstić information content (AvgIpc) is 2.84. The maximum absolute atomic E-state index is 11.1. The van der Waals surface area contributed by atoms with Crippen molar-refractivity contribution in [2.75, 3.05) is 31.0 Å². The summed E-state index contributed by atoms with van der Waals surface area (Å²) in [5.74, 6) is -0.720. The highest BCUT2D eigenvalue weighted by molar-refractivity contribution is 7.80. The molecule has 4 N–H and O–H groups in total. The molecule has 0 aromatic heterocycles. The molecule has 35 heavy (non-hydrogen) atoms. The van der Waals surface area contributed by atoms with Gasteiger partial charge in [0.2, 0.25) is 0 Å². The van der Waals surface area contributed by atoms with E-state index in [-0.39, 0.29) is 30.2 Å². The summed E-state index contributed by atoms with van der Waals surface area (Å²) < 4.78 is 28.8. The molecule has 3 rings (SSSR count). The monoisotopic (exact) mass is 519 g/mol. The average molecular weight is 520 g/mol. The van der Waals surface area contributed by atoms with E-state index >= 15 is 0 Å². The number of carboxylic acids is 1. The Morgan fingerprint density at radius 1 is 1.14 bits per heavy atom. The quantitative estimate of drug-likeness (QED) is 0.223. The van der Waals surface area contributed by atoms with Crippen LogP contribution in [0.2, 0.25) is 5.02 Å². The number of hydrogen-bond donors (Lipinski definition) is 4. The molecule has 0 saturated carbocycles. The minimum absolute atomic E-state index is 0.0640. The van der Waals surface area contributed by atoms with Gasteiger partial charge in [0.05, 0.1) is 22.4 Å². The van der Waals surface area contributed by atoms with Crippen LogP contribution in [0.25, 0.3) is 11.1 Å². The number of phenolic OH excluding ortho intramolecular Hbond substituents is 1. The van der Waals surface area contributed by atoms with E-state index in [2.05, 4.69) is 5.32 Å². The summed E-state index contributed by atoms with van der Waals surface area (Å²) in [5, 5.41) is 32.7. The first-order valence-corrected chi connectivity index (χ1v) is 11.9. The zero-order valence-corrected chi connectivity index (χ0v) is 20.3. The molecular weight excluding hydrogens is 496 g/mol. The first kappa shape index (κ1) is 26.5. The molecule has 2 unspecified atom stereocenters. The van der Waals surface area contributed by atoms with Crippen molar-refractivity contribution in [2.24, 2.45) is 0 Å². The van der Waals surface area contributed by atoms with Gasteiger partial charge in [-0.3, -0.25) is 4.21 Å². The molecule has 0 heterocycles. The minimum atomic E-state index is -2.56. The van der Waals surface area contributed by atoms with Gasteiger partial charge in [0.25, 0.3) is 0 Å². The SMILES string of the molecule is CN(c1cc(C(O)CNCCOc2ccc(-c3ccc(C(=O)O)cc3)cc2Cl)ccc1O)S(=O)[O-]. The van der Waals surface area contributed by atoms with Gasteiger partial charge in [-0.15, -0.1) is 0 Å². The predicted molar refractivity (Wildman–Crippen MR) is 133 cm³/mol. The first-order valence-electron chi connectivity index (χ1n) is 10.5. The maximum atomic E-state index is 11.1. The number of aliphatic hydroxyl groups excluding tert-OH is 1. The molecule has 11 heteroatoms. The third kappa shape index (κ3) is 6.93. The number of phenols is 1. The molecule has 0 aliphatic heterocycles. The van der Waals surface area contributed by atoms with Crippen molar-refractivity contribution >= 4 is 34.5 Å². The Balaban J connectivity index is 1.50. The summed E-state index contributed by atoms with van der Waals surface area (Å²) in [6.07, 6.45) is -0.932. The fourth-order valence-corrected chi connectivity index (χ4v) is 3.81. The summed E-state index contributed by atoms with van der Waals surface area (Å²) in [6, 6.07) is 16.0. The molecule has 0 saturated heterocycles. The van der Waals surface area contributed by atoms with Crippen LogP contribution in [0, 0.1) is 0 Å². The van der Waals surface area contributed by atoms with E-state index in [4.69, 9.17) is 21.4 Å². The summed E-state index contributed by atoms with van der Waals surface area (Å²) in [7, 11) is 1.29. The van der Waals surface area contributed by atoms with Gasteiger partial charge in [0.15, 0.2) is 0 Å². The lowest BCUT2D eigenvalue weighted by atomic mass is 10.0. The molecular formula is C24H24ClN2O7S-. The third-order valence-corrected chi connectivity index (χ3v) is 6.16. The Hall–Kier alpha value is -3.15. The van der Waals surface area contributed by atoms with E-state index in [1.165, 1.54) is 37.4 Å². The van der Waals surface area contributed by atoms with Crippen LogP contribution in [0.15, 0.2) is 60.7 Å². The number of aromatic carboxylic acids is 1. The lowest BCUT2D eigenvalue weighted by Gasteiger charge is -2.23. The normalized spacial score (nSPS) is 12.7. The fraction of sp³-hybridized carbons (Fsp3) is 0.208. The summed E-state index contributed by atoms with van der Waals surface area (Å²) in [6.45, 7) is 0.857. The van der Waals surface area contributed by atoms with Gasteiger partial charge < -0.3 is 34.2 Å². The van der Waals surface area contributed by atoms with Crippen LogP contribution in [0.4, 0.5) is 5.69 Å². The van der Waals surface area contributed by atoms with Crippen molar-refractivity contribution in [3.63, 3.8) is 0 Å². The van der Waals surface area contributed by atoms with Crippen LogP contribution in [0.5, 0.6) is 11.5 Å². The number of hydrogen-bond acceptors (Lipinski definition) is 7. The second-order valence-corrected chi connectivity index (χ2v) is 8.95. The van der Waals surface area contributed by atoms with Crippen molar-refractivity contribution in [3.8, 4) is 22.6 Å². The van der Waals surface area contributed by atoms with Crippen LogP contribution in [0.3, 0.4) is 0 Å². The van der Waals surface area contributed by atoms with Crippen molar-refractivity contribution in [1.82, 2.24) is 5.32 Å². The molecule has 0 bridgehead atoms. The molecule has 3 aromatic carbocycles. The van der Waals surface area contributed by atoms with Crippen LogP contribution in [0.1, 0.15) is 22.0 Å². The topological polar surface area (TPSA) is 142 Å². The van der Waals surface area contributed by atoms with Crippen molar-refractivity contribution in [2.45, 2.75) is 6.10 Å². The molecule has 0 fully saturated rings. The second kappa shape index (κ2) is 12.0. The Bertz CT molecular complexity index is 1210. The number of anilines is 1. The van der Waals surface area contributed by atoms with E-state index in [1.807, 2.05) is 6.07 Å². The van der Waals surface area contributed by atoms with E-state index in [1.54, 1.807) is 24.3 Å². The summed E-state index contributed by atoms with van der Waals surface area (Å²) >= 11 is 3.77. The van der Waals surface area contributed by atoms with Crippen LogP contribution in [-0.4, -0.2) is 56.8 Å². The fourth-order valence-electron chi connectivity index (χ4n) is 3.27. The Labute approximate surface area is 210 Å². The Morgan fingerprint density at radius 2 is 1.83 bits per heavy atom. The highest BCUT2D eigenvalue weighted by Gasteiger charge is 2.13. The van der Waals surface area contributed by atoms with Crippen LogP contribution >= 0.6 is 11.6 Å². The molecule has 186 valence electrons. The molecule has 3 aromatic rings. The van der Waals surface area contributed by atoms with E-state index in [9.17, 15) is 23.8 Å². The summed E-state index contributed by atoms with van der Waals surface area (Å²) in [4.78, 5) is 11.0. The van der Waals surface area contributed by atoms with Gasteiger partial charge >= 0.3 is 5.97 Å². The number of benzene rings is 3. The first-order chi connectivity index (χ1) is 16.7. The largest absolute Gasteiger partial charge is 0.755 e. The number of halogens is 1. The molecule has 0 spiro atoms. The number of nitrogens with zero attached hydrogens (tertiary/aromatic N) is 1. The molecule has 0 radical (unpaired) electrons. The molecule has 0 amide bonds. The van der Waals surface area contributed by atoms with E-state index in [0.29, 0.717) is 22.9 Å². The van der Waals surface area contributed by atoms with Gasteiger partial charge in [-0.1, -0.05) is 35.9 Å². The van der Waals surface area contributed by atoms with Crippen LogP contribution < -0.4 is 14.4 Å². The Morgan fingerprint density at radius 3 is 2.46 bits per heavy atom. The standard InChI is InChI=1S/C24H25ClN2O7S/c1-27(35(32)33)20-13-18(6-8-21(20)28)22(29)14-26-10-11-34-23-9-7-17(12-19(23)25)15-2-4-16(5-3-15)24(30)31/h2-9,12-13,22,26,28-29H,10-11,14H2,1H3,(H,30,31)(H,32,33)/p-1. The van der Waals surface area contributed by atoms with Gasteiger partial charge in [-0.05, 0) is 53.1 Å². The highest BCUT2D eigenvalue weighted by atomic mass is 35.5. The lowest BCUT2D eigenvalue weighted by Crippen LogP contribution is -2.26. The molecule has 2 atom stereocenters. The van der Waals surface area contributed by atoms with Gasteiger partial charge in [-0.25, -0.2) is 4.79 Å². The summed E-state index contributed by atoms with van der Waals surface area (Å²) in [5.41, 5.74) is 2.35. The van der Waals surface area contributed by atoms with Gasteiger partial charge in [0, 0.05) is 31.4 Å². The zero-order valence-electron chi connectivity index (χ0n) is 18.7. The number of aromatic hydroxyl groups is 1. The minimum Gasteiger partial charge on any atom is -0.755 e. The van der Waals surface area contributed by atoms with Crippen LogP contribution in [-0.2, 0) is 11.3 Å². The van der Waals surface area contributed by atoms with Crippen molar-refractivity contribution in [1.29, 1.82) is 0 Å². The number of ether oxygens (including phenoxy) is 1. The number of carboxylic acid groups (broad SMARTS) is 1. The molecule has 0 aliphatic carbocycles.